The number of halogens is 1. The fourth-order valence-electron chi connectivity index (χ4n) is 4.26. The molecule has 39 heavy (non-hydrogen) atoms. The van der Waals surface area contributed by atoms with Crippen molar-refractivity contribution in [2.24, 2.45) is 0 Å². The van der Waals surface area contributed by atoms with Gasteiger partial charge in [-0.25, -0.2) is 9.69 Å². The number of methoxy groups -OCH3 is 1. The van der Waals surface area contributed by atoms with E-state index in [4.69, 9.17) is 16.3 Å². The molecule has 200 valence electrons. The van der Waals surface area contributed by atoms with E-state index in [0.29, 0.717) is 10.6 Å². The van der Waals surface area contributed by atoms with Crippen molar-refractivity contribution in [1.82, 2.24) is 9.80 Å². The fourth-order valence-corrected chi connectivity index (χ4v) is 4.43. The van der Waals surface area contributed by atoms with Gasteiger partial charge in [0.15, 0.2) is 17.6 Å². The lowest BCUT2D eigenvalue weighted by Gasteiger charge is -2.25. The number of nitrogens with one attached hydrogen (secondary N) is 1. The van der Waals surface area contributed by atoms with Crippen LogP contribution < -0.4 is 10.1 Å². The molecule has 3 aromatic carbocycles. The van der Waals surface area contributed by atoms with Gasteiger partial charge >= 0.3 is 6.03 Å². The largest absolute Gasteiger partial charge is 0.497 e. The molecule has 0 aliphatic carbocycles. The number of hydrogen-bond donors (Lipinski definition) is 1. The summed E-state index contributed by atoms with van der Waals surface area (Å²) in [6.45, 7) is 3.01. The highest BCUT2D eigenvalue weighted by Crippen LogP contribution is 2.28. The van der Waals surface area contributed by atoms with Crippen LogP contribution in [0.2, 0.25) is 5.02 Å². The number of carbonyl (C=O) groups excluding carboxylic acids is 5. The van der Waals surface area contributed by atoms with Gasteiger partial charge in [0.25, 0.3) is 11.8 Å². The van der Waals surface area contributed by atoms with Gasteiger partial charge in [-0.3, -0.25) is 19.2 Å². The molecule has 1 heterocycles. The maximum Gasteiger partial charge on any atom is 0.328 e. The minimum Gasteiger partial charge on any atom is -0.497 e. The van der Waals surface area contributed by atoms with Crippen LogP contribution in [0.25, 0.3) is 0 Å². The Labute approximate surface area is 230 Å². The van der Waals surface area contributed by atoms with Crippen molar-refractivity contribution < 1.29 is 28.7 Å². The first kappa shape index (κ1) is 27.5. The summed E-state index contributed by atoms with van der Waals surface area (Å²) < 4.78 is 5.14. The smallest absolute Gasteiger partial charge is 0.328 e. The lowest BCUT2D eigenvalue weighted by atomic mass is 10.0. The minimum absolute atomic E-state index is 0.0650. The van der Waals surface area contributed by atoms with Gasteiger partial charge in [0.05, 0.1) is 17.8 Å². The van der Waals surface area contributed by atoms with Crippen molar-refractivity contribution in [3.8, 4) is 5.75 Å². The van der Waals surface area contributed by atoms with Gasteiger partial charge in [-0.1, -0.05) is 41.9 Å². The number of ether oxygens (including phenoxy) is 1. The van der Waals surface area contributed by atoms with Gasteiger partial charge in [0.2, 0.25) is 0 Å². The highest BCUT2D eigenvalue weighted by Gasteiger charge is 2.50. The number of nitrogens with zero attached hydrogens (tertiary/aromatic N) is 2. The van der Waals surface area contributed by atoms with Gasteiger partial charge in [-0.15, -0.1) is 0 Å². The zero-order chi connectivity index (χ0) is 28.3. The topological polar surface area (TPSA) is 113 Å². The number of imide groups is 1. The van der Waals surface area contributed by atoms with Crippen molar-refractivity contribution >= 4 is 46.7 Å². The van der Waals surface area contributed by atoms with Crippen LogP contribution in [0.3, 0.4) is 0 Å². The molecule has 0 aromatic heterocycles. The molecule has 4 amide bonds. The molecule has 0 bridgehead atoms. The number of carbonyl (C=O) groups is 5. The predicted molar refractivity (Wildman–Crippen MR) is 145 cm³/mol. The molecule has 0 spiro atoms. The molecular weight excluding hydrogens is 522 g/mol. The Hall–Kier alpha value is -4.50. The minimum atomic E-state index is -1.83. The summed E-state index contributed by atoms with van der Waals surface area (Å²) in [5.74, 6) is -2.19. The van der Waals surface area contributed by atoms with Crippen molar-refractivity contribution in [3.05, 3.63) is 94.5 Å². The van der Waals surface area contributed by atoms with Crippen LogP contribution in [0, 0.1) is 0 Å². The molecule has 4 rings (SSSR count). The Morgan fingerprint density at radius 2 is 1.62 bits per heavy atom. The summed E-state index contributed by atoms with van der Waals surface area (Å²) in [5, 5.41) is 2.66. The Morgan fingerprint density at radius 3 is 2.23 bits per heavy atom. The second-order valence-electron chi connectivity index (χ2n) is 9.02. The van der Waals surface area contributed by atoms with E-state index in [-0.39, 0.29) is 34.2 Å². The van der Waals surface area contributed by atoms with Gasteiger partial charge in [0.1, 0.15) is 11.8 Å². The lowest BCUT2D eigenvalue weighted by Crippen LogP contribution is -2.52. The van der Waals surface area contributed by atoms with Crippen molar-refractivity contribution in [2.45, 2.75) is 32.5 Å². The summed E-state index contributed by atoms with van der Waals surface area (Å²) in [4.78, 5) is 68.3. The molecule has 0 radical (unpaired) electrons. The second-order valence-corrected chi connectivity index (χ2v) is 9.42. The summed E-state index contributed by atoms with van der Waals surface area (Å²) in [6.07, 6.45) is 0. The summed E-state index contributed by atoms with van der Waals surface area (Å²) in [6, 6.07) is 15.8. The Morgan fingerprint density at radius 1 is 0.974 bits per heavy atom. The van der Waals surface area contributed by atoms with Gasteiger partial charge < -0.3 is 15.0 Å². The number of urea groups is 1. The Balaban J connectivity index is 1.72. The van der Waals surface area contributed by atoms with E-state index in [1.807, 2.05) is 30.3 Å². The van der Waals surface area contributed by atoms with Crippen LogP contribution in [-0.4, -0.2) is 58.4 Å². The average molecular weight is 548 g/mol. The van der Waals surface area contributed by atoms with Gasteiger partial charge in [-0.05, 0) is 61.9 Å². The molecule has 1 N–H and O–H groups in total. The standard InChI is InChI=1S/C29H26ClN3O6/c1-17-28(37)33(29(38)32(17)16-19-7-5-4-6-8-19)25(26(35)20-9-12-22(39-3)13-10-20)27(36)31-24-15-21(18(2)34)11-14-23(24)30/h4-15,17,25H,16H2,1-3H3,(H,31,36). The van der Waals surface area contributed by atoms with E-state index in [1.165, 1.54) is 61.4 Å². The number of Topliss-reactive ketones (excluding diaryl/α,β-unsaturated/α-hetero) is 2. The molecule has 1 fully saturated rings. The number of rotatable bonds is 9. The first-order valence-corrected chi connectivity index (χ1v) is 12.5. The van der Waals surface area contributed by atoms with Gasteiger partial charge in [0, 0.05) is 17.7 Å². The number of benzene rings is 3. The fraction of sp³-hybridized carbons (Fsp3) is 0.207. The van der Waals surface area contributed by atoms with Gasteiger partial charge in [-0.2, -0.15) is 0 Å². The van der Waals surface area contributed by atoms with Crippen molar-refractivity contribution in [1.29, 1.82) is 0 Å². The van der Waals surface area contributed by atoms with Crippen LogP contribution in [-0.2, 0) is 16.1 Å². The van der Waals surface area contributed by atoms with E-state index in [0.717, 1.165) is 5.56 Å². The zero-order valence-electron chi connectivity index (χ0n) is 21.5. The van der Waals surface area contributed by atoms with Crippen molar-refractivity contribution in [2.75, 3.05) is 12.4 Å². The van der Waals surface area contributed by atoms with E-state index in [1.54, 1.807) is 6.92 Å². The van der Waals surface area contributed by atoms with E-state index >= 15 is 0 Å². The highest BCUT2D eigenvalue weighted by molar-refractivity contribution is 6.34. The summed E-state index contributed by atoms with van der Waals surface area (Å²) in [7, 11) is 1.47. The third-order valence-corrected chi connectivity index (χ3v) is 6.80. The van der Waals surface area contributed by atoms with E-state index < -0.39 is 35.7 Å². The SMILES string of the molecule is COc1ccc(C(=O)C(C(=O)Nc2cc(C(C)=O)ccc2Cl)N2C(=O)C(C)N(Cc3ccccc3)C2=O)cc1. The lowest BCUT2D eigenvalue weighted by molar-refractivity contribution is -0.133. The first-order valence-electron chi connectivity index (χ1n) is 12.1. The average Bonchev–Trinajstić information content (AvgIpc) is 3.13. The van der Waals surface area contributed by atoms with Crippen LogP contribution in [0.1, 0.15) is 40.1 Å². The summed E-state index contributed by atoms with van der Waals surface area (Å²) >= 11 is 6.25. The normalized spacial score (nSPS) is 15.7. The molecule has 3 aromatic rings. The molecule has 2 unspecified atom stereocenters. The molecule has 2 atom stereocenters. The van der Waals surface area contributed by atoms with E-state index in [9.17, 15) is 24.0 Å². The van der Waals surface area contributed by atoms with Crippen LogP contribution in [0.5, 0.6) is 5.75 Å². The quantitative estimate of drug-likeness (QED) is 0.238. The van der Waals surface area contributed by atoms with Crippen LogP contribution in [0.15, 0.2) is 72.8 Å². The molecule has 9 nitrogen and oxygen atoms in total. The molecule has 1 aliphatic heterocycles. The monoisotopic (exact) mass is 547 g/mol. The first-order chi connectivity index (χ1) is 18.6. The van der Waals surface area contributed by atoms with Crippen molar-refractivity contribution in [3.63, 3.8) is 0 Å². The number of hydrogen-bond acceptors (Lipinski definition) is 6. The maximum atomic E-state index is 13.7. The number of amides is 4. The maximum absolute atomic E-state index is 13.7. The van der Waals surface area contributed by atoms with Crippen LogP contribution in [0.4, 0.5) is 10.5 Å². The molecule has 10 heteroatoms. The van der Waals surface area contributed by atoms with E-state index in [2.05, 4.69) is 5.32 Å². The molecule has 0 saturated carbocycles. The number of anilines is 1. The summed E-state index contributed by atoms with van der Waals surface area (Å²) in [5.41, 5.74) is 1.22. The van der Waals surface area contributed by atoms with Crippen LogP contribution >= 0.6 is 11.6 Å². The molecule has 1 saturated heterocycles. The second kappa shape index (κ2) is 11.5. The highest BCUT2D eigenvalue weighted by atomic mass is 35.5. The Bertz CT molecular complexity index is 1440. The zero-order valence-corrected chi connectivity index (χ0v) is 22.3. The third-order valence-electron chi connectivity index (χ3n) is 6.47. The number of ketones is 2. The third kappa shape index (κ3) is 5.68. The predicted octanol–water partition coefficient (Wildman–Crippen LogP) is 4.59. The molecular formula is C29H26ClN3O6. The Kier molecular flexibility index (Phi) is 8.11. The molecule has 1 aliphatic rings.